The molecular weight excluding hydrogens is 250 g/mol. The summed E-state index contributed by atoms with van der Waals surface area (Å²) in [6.07, 6.45) is 2.30. The second kappa shape index (κ2) is 6.10. The molecule has 0 aliphatic carbocycles. The topological polar surface area (TPSA) is 29.5 Å². The molecule has 1 saturated heterocycles. The summed E-state index contributed by atoms with van der Waals surface area (Å²) in [4.78, 5) is 13.9. The zero-order chi connectivity index (χ0) is 13.0. The summed E-state index contributed by atoms with van der Waals surface area (Å²) in [7, 11) is 0. The molecule has 98 valence electrons. The van der Waals surface area contributed by atoms with Crippen molar-refractivity contribution in [2.75, 3.05) is 19.7 Å². The lowest BCUT2D eigenvalue weighted by Gasteiger charge is -2.30. The van der Waals surface area contributed by atoms with Gasteiger partial charge < -0.3 is 9.64 Å². The van der Waals surface area contributed by atoms with Gasteiger partial charge in [0.15, 0.2) is 6.61 Å². The highest BCUT2D eigenvalue weighted by Crippen LogP contribution is 2.17. The molecule has 1 fully saturated rings. The van der Waals surface area contributed by atoms with E-state index in [0.717, 1.165) is 19.5 Å². The zero-order valence-electron chi connectivity index (χ0n) is 10.6. The van der Waals surface area contributed by atoms with Crippen LogP contribution >= 0.6 is 11.6 Å². The van der Waals surface area contributed by atoms with Crippen molar-refractivity contribution in [2.24, 2.45) is 5.92 Å². The maximum Gasteiger partial charge on any atom is 0.260 e. The first kappa shape index (κ1) is 13.2. The zero-order valence-corrected chi connectivity index (χ0v) is 11.3. The van der Waals surface area contributed by atoms with Crippen molar-refractivity contribution in [3.63, 3.8) is 0 Å². The number of ether oxygens (including phenoxy) is 1. The van der Waals surface area contributed by atoms with E-state index in [1.807, 2.05) is 4.90 Å². The Hall–Kier alpha value is -1.22. The lowest BCUT2D eigenvalue weighted by Crippen LogP contribution is -2.41. The SMILES string of the molecule is CC1CCCN(C(=O)COc2ccc(Cl)cc2)C1. The predicted molar refractivity (Wildman–Crippen MR) is 71.9 cm³/mol. The van der Waals surface area contributed by atoms with Gasteiger partial charge in [-0.3, -0.25) is 4.79 Å². The first-order chi connectivity index (χ1) is 8.65. The number of amides is 1. The van der Waals surface area contributed by atoms with Gasteiger partial charge in [-0.25, -0.2) is 0 Å². The van der Waals surface area contributed by atoms with Gasteiger partial charge in [0.1, 0.15) is 5.75 Å². The molecule has 1 aliphatic heterocycles. The number of likely N-dealkylation sites (tertiary alicyclic amines) is 1. The van der Waals surface area contributed by atoms with E-state index in [2.05, 4.69) is 6.92 Å². The van der Waals surface area contributed by atoms with E-state index in [-0.39, 0.29) is 12.5 Å². The summed E-state index contributed by atoms with van der Waals surface area (Å²) in [5.74, 6) is 1.34. The third kappa shape index (κ3) is 3.64. The summed E-state index contributed by atoms with van der Waals surface area (Å²) in [5, 5.41) is 0.665. The van der Waals surface area contributed by atoms with Crippen molar-refractivity contribution in [3.8, 4) is 5.75 Å². The lowest BCUT2D eigenvalue weighted by atomic mass is 10.0. The Morgan fingerprint density at radius 1 is 1.44 bits per heavy atom. The van der Waals surface area contributed by atoms with Crippen molar-refractivity contribution in [2.45, 2.75) is 19.8 Å². The van der Waals surface area contributed by atoms with Crippen LogP contribution in [0.5, 0.6) is 5.75 Å². The van der Waals surface area contributed by atoms with Crippen molar-refractivity contribution < 1.29 is 9.53 Å². The summed E-state index contributed by atoms with van der Waals surface area (Å²) in [5.41, 5.74) is 0. The fraction of sp³-hybridized carbons (Fsp3) is 0.500. The van der Waals surface area contributed by atoms with Gasteiger partial charge in [-0.2, -0.15) is 0 Å². The third-order valence-electron chi connectivity index (χ3n) is 3.19. The van der Waals surface area contributed by atoms with E-state index in [1.165, 1.54) is 6.42 Å². The maximum atomic E-state index is 12.0. The largest absolute Gasteiger partial charge is 0.484 e. The average molecular weight is 268 g/mol. The van der Waals surface area contributed by atoms with Gasteiger partial charge in [-0.05, 0) is 43.0 Å². The first-order valence-corrected chi connectivity index (χ1v) is 6.69. The smallest absolute Gasteiger partial charge is 0.260 e. The van der Waals surface area contributed by atoms with Gasteiger partial charge in [0.2, 0.25) is 0 Å². The molecule has 1 aliphatic rings. The van der Waals surface area contributed by atoms with Crippen LogP contribution in [0.4, 0.5) is 0 Å². The molecule has 1 heterocycles. The number of carbonyl (C=O) groups is 1. The number of halogens is 1. The number of benzene rings is 1. The van der Waals surface area contributed by atoms with Gasteiger partial charge in [0.05, 0.1) is 0 Å². The Morgan fingerprint density at radius 2 is 2.17 bits per heavy atom. The van der Waals surface area contributed by atoms with Crippen LogP contribution in [0.1, 0.15) is 19.8 Å². The Balaban J connectivity index is 1.82. The highest BCUT2D eigenvalue weighted by Gasteiger charge is 2.20. The minimum atomic E-state index is 0.0662. The van der Waals surface area contributed by atoms with Gasteiger partial charge >= 0.3 is 0 Å². The predicted octanol–water partition coefficient (Wildman–Crippen LogP) is 2.98. The molecule has 0 bridgehead atoms. The maximum absolute atomic E-state index is 12.0. The van der Waals surface area contributed by atoms with Crippen molar-refractivity contribution in [1.29, 1.82) is 0 Å². The molecule has 0 aromatic heterocycles. The molecule has 3 nitrogen and oxygen atoms in total. The van der Waals surface area contributed by atoms with E-state index in [1.54, 1.807) is 24.3 Å². The number of hydrogen-bond acceptors (Lipinski definition) is 2. The van der Waals surface area contributed by atoms with Crippen LogP contribution in [0, 0.1) is 5.92 Å². The number of piperidine rings is 1. The second-order valence-corrected chi connectivity index (χ2v) is 5.27. The lowest BCUT2D eigenvalue weighted by molar-refractivity contribution is -0.135. The van der Waals surface area contributed by atoms with Crippen LogP contribution in [0.25, 0.3) is 0 Å². The first-order valence-electron chi connectivity index (χ1n) is 6.31. The van der Waals surface area contributed by atoms with Crippen molar-refractivity contribution >= 4 is 17.5 Å². The van der Waals surface area contributed by atoms with E-state index >= 15 is 0 Å². The molecule has 0 radical (unpaired) electrons. The number of carbonyl (C=O) groups excluding carboxylic acids is 1. The van der Waals surface area contributed by atoms with E-state index in [4.69, 9.17) is 16.3 Å². The highest BCUT2D eigenvalue weighted by molar-refractivity contribution is 6.30. The molecule has 1 aromatic rings. The standard InChI is InChI=1S/C14H18ClNO2/c1-11-3-2-8-16(9-11)14(17)10-18-13-6-4-12(15)5-7-13/h4-7,11H,2-3,8-10H2,1H3. The molecule has 2 rings (SSSR count). The molecule has 0 saturated carbocycles. The number of nitrogens with zero attached hydrogens (tertiary/aromatic N) is 1. The van der Waals surface area contributed by atoms with Crippen molar-refractivity contribution in [3.05, 3.63) is 29.3 Å². The number of hydrogen-bond donors (Lipinski definition) is 0. The summed E-state index contributed by atoms with van der Waals surface area (Å²) in [6.45, 7) is 3.99. The third-order valence-corrected chi connectivity index (χ3v) is 3.44. The van der Waals surface area contributed by atoms with Crippen LogP contribution in [0.2, 0.25) is 5.02 Å². The summed E-state index contributed by atoms with van der Waals surface area (Å²) >= 11 is 5.78. The fourth-order valence-electron chi connectivity index (χ4n) is 2.18. The van der Waals surface area contributed by atoms with Crippen molar-refractivity contribution in [1.82, 2.24) is 4.90 Å². The molecule has 1 amide bonds. The Bertz CT molecular complexity index is 405. The Labute approximate surface area is 113 Å². The summed E-state index contributed by atoms with van der Waals surface area (Å²) < 4.78 is 5.46. The normalized spacial score (nSPS) is 19.7. The minimum Gasteiger partial charge on any atom is -0.484 e. The van der Waals surface area contributed by atoms with Gasteiger partial charge in [0.25, 0.3) is 5.91 Å². The molecule has 1 unspecified atom stereocenters. The molecule has 18 heavy (non-hydrogen) atoms. The summed E-state index contributed by atoms with van der Waals surface area (Å²) in [6, 6.07) is 7.05. The Morgan fingerprint density at radius 3 is 2.83 bits per heavy atom. The average Bonchev–Trinajstić information content (AvgIpc) is 2.38. The van der Waals surface area contributed by atoms with Gasteiger partial charge in [0, 0.05) is 18.1 Å². The molecule has 4 heteroatoms. The number of rotatable bonds is 3. The van der Waals surface area contributed by atoms with Crippen LogP contribution in [-0.4, -0.2) is 30.5 Å². The van der Waals surface area contributed by atoms with Crippen LogP contribution in [0.15, 0.2) is 24.3 Å². The van der Waals surface area contributed by atoms with Crippen LogP contribution in [-0.2, 0) is 4.79 Å². The Kier molecular flexibility index (Phi) is 4.48. The van der Waals surface area contributed by atoms with Gasteiger partial charge in [-0.15, -0.1) is 0 Å². The quantitative estimate of drug-likeness (QED) is 0.843. The van der Waals surface area contributed by atoms with E-state index in [0.29, 0.717) is 16.7 Å². The highest BCUT2D eigenvalue weighted by atomic mass is 35.5. The fourth-order valence-corrected chi connectivity index (χ4v) is 2.31. The van der Waals surface area contributed by atoms with E-state index < -0.39 is 0 Å². The molecule has 0 N–H and O–H groups in total. The van der Waals surface area contributed by atoms with E-state index in [9.17, 15) is 4.79 Å². The monoisotopic (exact) mass is 267 g/mol. The van der Waals surface area contributed by atoms with Crippen LogP contribution < -0.4 is 4.74 Å². The molecular formula is C14H18ClNO2. The van der Waals surface area contributed by atoms with Crippen LogP contribution in [0.3, 0.4) is 0 Å². The molecule has 0 spiro atoms. The minimum absolute atomic E-state index is 0.0662. The molecule has 1 atom stereocenters. The molecule has 1 aromatic carbocycles. The second-order valence-electron chi connectivity index (χ2n) is 4.83. The van der Waals surface area contributed by atoms with Gasteiger partial charge in [-0.1, -0.05) is 18.5 Å².